The smallest absolute Gasteiger partial charge is 0.239 e. The number of primary amides is 1. The summed E-state index contributed by atoms with van der Waals surface area (Å²) in [6.45, 7) is 4.16. The van der Waals surface area contributed by atoms with Crippen LogP contribution in [0.4, 0.5) is 0 Å². The average Bonchev–Trinajstić information content (AvgIpc) is 2.83. The highest BCUT2D eigenvalue weighted by molar-refractivity contribution is 6.32. The van der Waals surface area contributed by atoms with E-state index >= 15 is 0 Å². The van der Waals surface area contributed by atoms with Crippen LogP contribution in [0.1, 0.15) is 31.9 Å². The summed E-state index contributed by atoms with van der Waals surface area (Å²) in [6, 6.07) is 2.99. The molecule has 0 saturated carbocycles. The molecule has 0 saturated heterocycles. The second-order valence-electron chi connectivity index (χ2n) is 4.55. The first-order valence-corrected chi connectivity index (χ1v) is 6.55. The monoisotopic (exact) mass is 284 g/mol. The number of carbonyl (C=O) groups is 1. The second-order valence-corrected chi connectivity index (χ2v) is 4.96. The Kier molecular flexibility index (Phi) is 4.17. The lowest BCUT2D eigenvalue weighted by atomic mass is 10.0. The molecule has 2 atom stereocenters. The number of hydrogen-bond acceptors (Lipinski definition) is 4. The van der Waals surface area contributed by atoms with Gasteiger partial charge in [0.05, 0.1) is 5.02 Å². The van der Waals surface area contributed by atoms with Gasteiger partial charge in [-0.3, -0.25) is 10.1 Å². The quantitative estimate of drug-likeness (QED) is 0.867. The number of carbonyl (C=O) groups excluding carboxylic acids is 1. The topological polar surface area (TPSA) is 73.6 Å². The van der Waals surface area contributed by atoms with E-state index in [2.05, 4.69) is 5.32 Å². The number of ether oxygens (including phenoxy) is 2. The number of amides is 1. The predicted octanol–water partition coefficient (Wildman–Crippen LogP) is 1.98. The molecule has 1 aromatic carbocycles. The number of fused-ring (bicyclic) bond motifs is 1. The summed E-state index contributed by atoms with van der Waals surface area (Å²) in [6.07, 6.45) is 0.891. The van der Waals surface area contributed by atoms with Gasteiger partial charge in [0, 0.05) is 6.04 Å². The van der Waals surface area contributed by atoms with Crippen molar-refractivity contribution in [1.82, 2.24) is 5.32 Å². The molecule has 0 radical (unpaired) electrons. The molecule has 3 N–H and O–H groups in total. The maximum Gasteiger partial charge on any atom is 0.239 e. The molecule has 6 heteroatoms. The van der Waals surface area contributed by atoms with E-state index in [9.17, 15) is 4.79 Å². The van der Waals surface area contributed by atoms with Gasteiger partial charge in [0.1, 0.15) is 6.04 Å². The van der Waals surface area contributed by atoms with E-state index in [4.69, 9.17) is 26.8 Å². The molecule has 0 fully saturated rings. The van der Waals surface area contributed by atoms with Crippen LogP contribution in [0, 0.1) is 0 Å². The van der Waals surface area contributed by atoms with Crippen molar-refractivity contribution in [3.8, 4) is 11.5 Å². The number of halogens is 1. The highest BCUT2D eigenvalue weighted by atomic mass is 35.5. The molecule has 104 valence electrons. The maximum atomic E-state index is 11.6. The van der Waals surface area contributed by atoms with Gasteiger partial charge in [-0.05, 0) is 31.0 Å². The number of hydrogen-bond donors (Lipinski definition) is 2. The van der Waals surface area contributed by atoms with Crippen LogP contribution >= 0.6 is 11.6 Å². The summed E-state index contributed by atoms with van der Waals surface area (Å²) < 4.78 is 10.5. The van der Waals surface area contributed by atoms with E-state index in [1.807, 2.05) is 13.8 Å². The molecule has 19 heavy (non-hydrogen) atoms. The van der Waals surface area contributed by atoms with Gasteiger partial charge in [0.2, 0.25) is 12.7 Å². The van der Waals surface area contributed by atoms with Crippen molar-refractivity contribution in [3.63, 3.8) is 0 Å². The van der Waals surface area contributed by atoms with Crippen molar-refractivity contribution in [2.45, 2.75) is 32.4 Å². The lowest BCUT2D eigenvalue weighted by molar-refractivity contribution is -0.120. The molecule has 0 aromatic heterocycles. The zero-order valence-corrected chi connectivity index (χ0v) is 11.7. The van der Waals surface area contributed by atoms with Gasteiger partial charge in [-0.1, -0.05) is 18.5 Å². The molecular weight excluding hydrogens is 268 g/mol. The molecule has 2 unspecified atom stereocenters. The van der Waals surface area contributed by atoms with Gasteiger partial charge in [0.15, 0.2) is 11.5 Å². The lowest BCUT2D eigenvalue weighted by Gasteiger charge is -2.20. The Labute approximate surface area is 117 Å². The molecule has 1 heterocycles. The van der Waals surface area contributed by atoms with Crippen molar-refractivity contribution in [2.24, 2.45) is 5.73 Å². The standard InChI is InChI=1S/C13H17ClN2O3/c1-3-7(2)16-11(13(15)17)8-4-9(14)12-10(5-8)18-6-19-12/h4-5,7,11,16H,3,6H2,1-2H3,(H2,15,17). The van der Waals surface area contributed by atoms with Crippen LogP contribution < -0.4 is 20.5 Å². The van der Waals surface area contributed by atoms with E-state index in [0.29, 0.717) is 22.1 Å². The Morgan fingerprint density at radius 3 is 2.89 bits per heavy atom. The molecule has 1 amide bonds. The fourth-order valence-electron chi connectivity index (χ4n) is 1.90. The zero-order chi connectivity index (χ0) is 14.0. The van der Waals surface area contributed by atoms with Crippen molar-refractivity contribution in [1.29, 1.82) is 0 Å². The fourth-order valence-corrected chi connectivity index (χ4v) is 2.17. The average molecular weight is 285 g/mol. The van der Waals surface area contributed by atoms with Crippen LogP contribution in [0.2, 0.25) is 5.02 Å². The van der Waals surface area contributed by atoms with Crippen molar-refractivity contribution in [3.05, 3.63) is 22.7 Å². The minimum absolute atomic E-state index is 0.137. The highest BCUT2D eigenvalue weighted by Crippen LogP contribution is 2.41. The number of benzene rings is 1. The van der Waals surface area contributed by atoms with E-state index in [1.165, 1.54) is 0 Å². The molecule has 0 bridgehead atoms. The Morgan fingerprint density at radius 1 is 1.53 bits per heavy atom. The van der Waals surface area contributed by atoms with Crippen LogP contribution in [0.3, 0.4) is 0 Å². The third-order valence-electron chi connectivity index (χ3n) is 3.13. The van der Waals surface area contributed by atoms with Gasteiger partial charge in [-0.2, -0.15) is 0 Å². The third-order valence-corrected chi connectivity index (χ3v) is 3.41. The predicted molar refractivity (Wildman–Crippen MR) is 72.4 cm³/mol. The summed E-state index contributed by atoms with van der Waals surface area (Å²) in [5.74, 6) is 0.604. The maximum absolute atomic E-state index is 11.6. The van der Waals surface area contributed by atoms with Crippen LogP contribution in [0.25, 0.3) is 0 Å². The molecule has 0 aliphatic carbocycles. The minimum atomic E-state index is -0.595. The number of nitrogens with two attached hydrogens (primary N) is 1. The summed E-state index contributed by atoms with van der Waals surface area (Å²) >= 11 is 6.11. The Morgan fingerprint density at radius 2 is 2.26 bits per heavy atom. The molecule has 5 nitrogen and oxygen atoms in total. The number of rotatable bonds is 5. The largest absolute Gasteiger partial charge is 0.454 e. The normalized spacial score (nSPS) is 16.2. The highest BCUT2D eigenvalue weighted by Gasteiger charge is 2.25. The van der Waals surface area contributed by atoms with Gasteiger partial charge in [-0.25, -0.2) is 0 Å². The lowest BCUT2D eigenvalue weighted by Crippen LogP contribution is -2.38. The van der Waals surface area contributed by atoms with Gasteiger partial charge in [-0.15, -0.1) is 0 Å². The van der Waals surface area contributed by atoms with Crippen LogP contribution in [0.15, 0.2) is 12.1 Å². The van der Waals surface area contributed by atoms with Crippen molar-refractivity contribution >= 4 is 17.5 Å². The van der Waals surface area contributed by atoms with Crippen LogP contribution in [0.5, 0.6) is 11.5 Å². The SMILES string of the molecule is CCC(C)NC(C(N)=O)c1cc(Cl)c2c(c1)OCO2. The fraction of sp³-hybridized carbons (Fsp3) is 0.462. The second kappa shape index (κ2) is 5.67. The minimum Gasteiger partial charge on any atom is -0.454 e. The van der Waals surface area contributed by atoms with E-state index < -0.39 is 11.9 Å². The Balaban J connectivity index is 2.32. The zero-order valence-electron chi connectivity index (χ0n) is 10.9. The van der Waals surface area contributed by atoms with E-state index in [-0.39, 0.29) is 12.8 Å². The van der Waals surface area contributed by atoms with Gasteiger partial charge < -0.3 is 15.2 Å². The summed E-state index contributed by atoms with van der Waals surface area (Å²) in [4.78, 5) is 11.6. The van der Waals surface area contributed by atoms with Crippen LogP contribution in [-0.2, 0) is 4.79 Å². The van der Waals surface area contributed by atoms with Crippen molar-refractivity contribution in [2.75, 3.05) is 6.79 Å². The van der Waals surface area contributed by atoms with E-state index in [1.54, 1.807) is 12.1 Å². The summed E-state index contributed by atoms with van der Waals surface area (Å²) in [5.41, 5.74) is 6.13. The third kappa shape index (κ3) is 2.93. The van der Waals surface area contributed by atoms with Gasteiger partial charge >= 0.3 is 0 Å². The number of nitrogens with one attached hydrogen (secondary N) is 1. The summed E-state index contributed by atoms with van der Waals surface area (Å²) in [5, 5.41) is 3.59. The first-order chi connectivity index (χ1) is 9.02. The van der Waals surface area contributed by atoms with Gasteiger partial charge in [0.25, 0.3) is 0 Å². The Bertz CT molecular complexity index is 493. The molecule has 1 aromatic rings. The van der Waals surface area contributed by atoms with Crippen LogP contribution in [-0.4, -0.2) is 18.7 Å². The molecule has 1 aliphatic heterocycles. The molecule has 0 spiro atoms. The first-order valence-electron chi connectivity index (χ1n) is 6.17. The molecular formula is C13H17ClN2O3. The first kappa shape index (κ1) is 14.0. The Hall–Kier alpha value is -1.46. The molecule has 1 aliphatic rings. The molecule has 2 rings (SSSR count). The van der Waals surface area contributed by atoms with E-state index in [0.717, 1.165) is 6.42 Å². The summed E-state index contributed by atoms with van der Waals surface area (Å²) in [7, 11) is 0. The van der Waals surface area contributed by atoms with Crippen molar-refractivity contribution < 1.29 is 14.3 Å².